The van der Waals surface area contributed by atoms with Crippen molar-refractivity contribution in [2.75, 3.05) is 0 Å². The predicted molar refractivity (Wildman–Crippen MR) is 78.5 cm³/mol. The molecule has 0 radical (unpaired) electrons. The molecule has 3 nitrogen and oxygen atoms in total. The summed E-state index contributed by atoms with van der Waals surface area (Å²) in [5, 5.41) is 10.3. The van der Waals surface area contributed by atoms with Crippen molar-refractivity contribution in [1.29, 1.82) is 0 Å². The Morgan fingerprint density at radius 3 is 2.68 bits per heavy atom. The average Bonchev–Trinajstić information content (AvgIpc) is 2.88. The van der Waals surface area contributed by atoms with Crippen LogP contribution in [0.1, 0.15) is 66.1 Å². The predicted octanol–water partition coefficient (Wildman–Crippen LogP) is 3.28. The molecule has 0 amide bonds. The van der Waals surface area contributed by atoms with Crippen LogP contribution in [-0.2, 0) is 0 Å². The van der Waals surface area contributed by atoms with Gasteiger partial charge in [0.25, 0.3) is 0 Å². The van der Waals surface area contributed by atoms with Crippen LogP contribution in [0.2, 0.25) is 0 Å². The monoisotopic (exact) mass is 281 g/mol. The molecule has 1 aromatic heterocycles. The maximum absolute atomic E-state index is 11.3. The van der Waals surface area contributed by atoms with Gasteiger partial charge in [-0.05, 0) is 31.4 Å². The normalized spacial score (nSPS) is 20.2. The largest absolute Gasteiger partial charge is 0.386 e. The lowest BCUT2D eigenvalue weighted by atomic mass is 9.84. The van der Waals surface area contributed by atoms with Crippen LogP contribution in [0, 0.1) is 5.92 Å². The van der Waals surface area contributed by atoms with E-state index >= 15 is 0 Å². The highest BCUT2D eigenvalue weighted by atomic mass is 32.1. The van der Waals surface area contributed by atoms with Gasteiger partial charge in [-0.1, -0.05) is 32.1 Å². The Labute approximate surface area is 118 Å². The Hall–Kier alpha value is -0.710. The van der Waals surface area contributed by atoms with E-state index in [2.05, 4.69) is 0 Å². The van der Waals surface area contributed by atoms with Crippen LogP contribution in [0.5, 0.6) is 0 Å². The third-order valence-corrected chi connectivity index (χ3v) is 5.26. The molecule has 1 fully saturated rings. The van der Waals surface area contributed by atoms with Crippen LogP contribution in [0.25, 0.3) is 0 Å². The summed E-state index contributed by atoms with van der Waals surface area (Å²) in [5.74, 6) is 0.704. The number of carbonyl (C=O) groups excluding carboxylic acids is 1. The van der Waals surface area contributed by atoms with E-state index in [-0.39, 0.29) is 11.8 Å². The molecule has 4 heteroatoms. The maximum atomic E-state index is 11.3. The number of aliphatic hydroxyl groups is 1. The molecule has 0 bridgehead atoms. The highest BCUT2D eigenvalue weighted by Gasteiger charge is 2.24. The summed E-state index contributed by atoms with van der Waals surface area (Å²) in [4.78, 5) is 12.8. The molecule has 3 N–H and O–H groups in total. The van der Waals surface area contributed by atoms with E-state index in [1.54, 1.807) is 13.0 Å². The topological polar surface area (TPSA) is 63.3 Å². The number of aliphatic hydroxyl groups excluding tert-OH is 1. The summed E-state index contributed by atoms with van der Waals surface area (Å²) in [6, 6.07) is 3.38. The Morgan fingerprint density at radius 1 is 1.42 bits per heavy atom. The second kappa shape index (κ2) is 6.64. The Bertz CT molecular complexity index is 424. The molecular formula is C15H23NO2S. The van der Waals surface area contributed by atoms with Gasteiger partial charge in [0, 0.05) is 10.9 Å². The van der Waals surface area contributed by atoms with Gasteiger partial charge in [0.2, 0.25) is 0 Å². The second-order valence-corrected chi connectivity index (χ2v) is 6.72. The van der Waals surface area contributed by atoms with Crippen molar-refractivity contribution in [2.45, 2.75) is 57.6 Å². The summed E-state index contributed by atoms with van der Waals surface area (Å²) >= 11 is 1.36. The van der Waals surface area contributed by atoms with E-state index in [1.807, 2.05) is 6.07 Å². The van der Waals surface area contributed by atoms with Gasteiger partial charge >= 0.3 is 0 Å². The summed E-state index contributed by atoms with van der Waals surface area (Å²) in [6.45, 7) is 1.55. The zero-order valence-electron chi connectivity index (χ0n) is 11.5. The fourth-order valence-electron chi connectivity index (χ4n) is 2.85. The van der Waals surface area contributed by atoms with E-state index in [1.165, 1.54) is 43.4 Å². The van der Waals surface area contributed by atoms with Crippen molar-refractivity contribution in [2.24, 2.45) is 11.7 Å². The van der Waals surface area contributed by atoms with Crippen molar-refractivity contribution in [3.8, 4) is 0 Å². The van der Waals surface area contributed by atoms with E-state index < -0.39 is 6.10 Å². The lowest BCUT2D eigenvalue weighted by Gasteiger charge is -2.26. The number of rotatable bonds is 5. The van der Waals surface area contributed by atoms with E-state index in [0.717, 1.165) is 11.3 Å². The number of nitrogens with two attached hydrogens (primary N) is 1. The van der Waals surface area contributed by atoms with Crippen molar-refractivity contribution in [1.82, 2.24) is 0 Å². The third-order valence-electron chi connectivity index (χ3n) is 4.00. The van der Waals surface area contributed by atoms with Crippen molar-refractivity contribution >= 4 is 17.1 Å². The lowest BCUT2D eigenvalue weighted by molar-refractivity contribution is 0.102. The summed E-state index contributed by atoms with van der Waals surface area (Å²) in [7, 11) is 0. The molecule has 0 aromatic carbocycles. The molecule has 1 saturated carbocycles. The molecule has 0 saturated heterocycles. The first-order chi connectivity index (χ1) is 9.08. The molecule has 2 atom stereocenters. The first kappa shape index (κ1) is 14.7. The van der Waals surface area contributed by atoms with E-state index in [9.17, 15) is 9.90 Å². The Balaban J connectivity index is 1.93. The zero-order valence-corrected chi connectivity index (χ0v) is 12.3. The fourth-order valence-corrected chi connectivity index (χ4v) is 3.81. The van der Waals surface area contributed by atoms with Crippen LogP contribution >= 0.6 is 11.3 Å². The van der Waals surface area contributed by atoms with Crippen molar-refractivity contribution in [3.63, 3.8) is 0 Å². The SMILES string of the molecule is CC(=O)c1ccc(C(O)C(N)CC2CCCCC2)s1. The summed E-state index contributed by atoms with van der Waals surface area (Å²) in [6.07, 6.45) is 6.64. The molecular weight excluding hydrogens is 258 g/mol. The van der Waals surface area contributed by atoms with Gasteiger partial charge < -0.3 is 10.8 Å². The molecule has 1 heterocycles. The van der Waals surface area contributed by atoms with Crippen LogP contribution in [0.15, 0.2) is 12.1 Å². The Kier molecular flexibility index (Phi) is 5.13. The van der Waals surface area contributed by atoms with Crippen LogP contribution in [0.4, 0.5) is 0 Å². The average molecular weight is 281 g/mol. The van der Waals surface area contributed by atoms with Gasteiger partial charge in [-0.25, -0.2) is 0 Å². The first-order valence-corrected chi connectivity index (χ1v) is 7.94. The fraction of sp³-hybridized carbons (Fsp3) is 0.667. The number of hydrogen-bond donors (Lipinski definition) is 2. The van der Waals surface area contributed by atoms with Gasteiger partial charge in [0.1, 0.15) is 6.10 Å². The highest BCUT2D eigenvalue weighted by molar-refractivity contribution is 7.14. The zero-order chi connectivity index (χ0) is 13.8. The van der Waals surface area contributed by atoms with Crippen LogP contribution in [-0.4, -0.2) is 16.9 Å². The van der Waals surface area contributed by atoms with Crippen LogP contribution < -0.4 is 5.73 Å². The second-order valence-electron chi connectivity index (χ2n) is 5.61. The van der Waals surface area contributed by atoms with Gasteiger partial charge in [-0.15, -0.1) is 11.3 Å². The van der Waals surface area contributed by atoms with E-state index in [4.69, 9.17) is 5.73 Å². The highest BCUT2D eigenvalue weighted by Crippen LogP contribution is 2.32. The summed E-state index contributed by atoms with van der Waals surface area (Å²) in [5.41, 5.74) is 6.14. The van der Waals surface area contributed by atoms with Gasteiger partial charge in [-0.3, -0.25) is 4.79 Å². The number of ketones is 1. The number of carbonyl (C=O) groups is 1. The van der Waals surface area contributed by atoms with E-state index in [0.29, 0.717) is 10.8 Å². The molecule has 106 valence electrons. The smallest absolute Gasteiger partial charge is 0.169 e. The lowest BCUT2D eigenvalue weighted by Crippen LogP contribution is -2.31. The molecule has 1 aromatic rings. The molecule has 2 rings (SSSR count). The molecule has 0 aliphatic heterocycles. The number of thiophene rings is 1. The first-order valence-electron chi connectivity index (χ1n) is 7.12. The quantitative estimate of drug-likeness (QED) is 0.814. The number of hydrogen-bond acceptors (Lipinski definition) is 4. The van der Waals surface area contributed by atoms with Crippen LogP contribution in [0.3, 0.4) is 0 Å². The molecule has 0 spiro atoms. The van der Waals surface area contributed by atoms with Crippen molar-refractivity contribution in [3.05, 3.63) is 21.9 Å². The third kappa shape index (κ3) is 3.88. The standard InChI is InChI=1S/C15H23NO2S/c1-10(17)13-7-8-14(19-13)15(18)12(16)9-11-5-3-2-4-6-11/h7-8,11-12,15,18H,2-6,9,16H2,1H3. The minimum atomic E-state index is -0.639. The summed E-state index contributed by atoms with van der Waals surface area (Å²) < 4.78 is 0. The van der Waals surface area contributed by atoms with Gasteiger partial charge in [0.15, 0.2) is 5.78 Å². The minimum absolute atomic E-state index is 0.0456. The molecule has 2 unspecified atom stereocenters. The molecule has 19 heavy (non-hydrogen) atoms. The minimum Gasteiger partial charge on any atom is -0.386 e. The Morgan fingerprint density at radius 2 is 2.11 bits per heavy atom. The maximum Gasteiger partial charge on any atom is 0.169 e. The number of Topliss-reactive ketones (excluding diaryl/α,β-unsaturated/α-hetero) is 1. The molecule has 1 aliphatic carbocycles. The molecule has 1 aliphatic rings. The van der Waals surface area contributed by atoms with Gasteiger partial charge in [0.05, 0.1) is 4.88 Å². The van der Waals surface area contributed by atoms with Gasteiger partial charge in [-0.2, -0.15) is 0 Å². The van der Waals surface area contributed by atoms with Crippen molar-refractivity contribution < 1.29 is 9.90 Å².